The third kappa shape index (κ3) is 2.69. The van der Waals surface area contributed by atoms with Crippen molar-refractivity contribution in [3.8, 4) is 0 Å². The van der Waals surface area contributed by atoms with Gasteiger partial charge in [-0.3, -0.25) is 4.79 Å². The lowest BCUT2D eigenvalue weighted by Gasteiger charge is -2.41. The molecule has 0 unspecified atom stereocenters. The molecule has 0 aromatic rings. The first-order valence-corrected chi connectivity index (χ1v) is 5.59. The molecule has 0 aliphatic heterocycles. The highest BCUT2D eigenvalue weighted by molar-refractivity contribution is 5.84. The van der Waals surface area contributed by atoms with E-state index in [1.165, 1.54) is 0 Å². The normalized spacial score (nSPS) is 19.5. The quantitative estimate of drug-likeness (QED) is 0.620. The van der Waals surface area contributed by atoms with E-state index in [-0.39, 0.29) is 23.5 Å². The molecule has 0 aromatic carbocycles. The fraction of sp³-hybridized carbons (Fsp3) is 0.909. The Labute approximate surface area is 91.2 Å². The molecule has 1 fully saturated rings. The van der Waals surface area contributed by atoms with E-state index in [1.54, 1.807) is 0 Å². The zero-order valence-electron chi connectivity index (χ0n) is 9.68. The molecule has 0 spiro atoms. The lowest BCUT2D eigenvalue weighted by molar-refractivity contribution is -0.137. The summed E-state index contributed by atoms with van der Waals surface area (Å²) in [5, 5.41) is 11.8. The number of nitrogens with one attached hydrogen (secondary N) is 1. The Morgan fingerprint density at radius 2 is 2.13 bits per heavy atom. The molecule has 88 valence electrons. The molecule has 1 saturated carbocycles. The number of carbonyl (C=O) groups is 1. The molecule has 0 atom stereocenters. The zero-order chi connectivity index (χ0) is 11.5. The third-order valence-electron chi connectivity index (χ3n) is 3.37. The van der Waals surface area contributed by atoms with Gasteiger partial charge >= 0.3 is 0 Å². The number of hydrogen-bond acceptors (Lipinski definition) is 3. The lowest BCUT2D eigenvalue weighted by Crippen LogP contribution is -2.56. The minimum Gasteiger partial charge on any atom is -0.396 e. The summed E-state index contributed by atoms with van der Waals surface area (Å²) in [6.45, 7) is 4.35. The van der Waals surface area contributed by atoms with Crippen LogP contribution in [0.15, 0.2) is 0 Å². The predicted octanol–water partition coefficient (Wildman–Crippen LogP) is 0.393. The van der Waals surface area contributed by atoms with Crippen LogP contribution in [-0.4, -0.2) is 29.7 Å². The van der Waals surface area contributed by atoms with Crippen LogP contribution in [0, 0.1) is 5.41 Å². The van der Waals surface area contributed by atoms with Crippen molar-refractivity contribution in [2.45, 2.75) is 45.1 Å². The van der Waals surface area contributed by atoms with Gasteiger partial charge in [0.25, 0.3) is 0 Å². The number of amides is 1. The van der Waals surface area contributed by atoms with Crippen LogP contribution in [0.3, 0.4) is 0 Å². The Bertz CT molecular complexity index is 229. The molecular formula is C11H22N2O2. The minimum atomic E-state index is -0.344. The number of nitrogens with two attached hydrogens (primary N) is 1. The molecule has 15 heavy (non-hydrogen) atoms. The SMILES string of the molecule is CC(C)(CCO)NC(=O)C1(CN)CCC1. The Hall–Kier alpha value is -0.610. The van der Waals surface area contributed by atoms with Crippen LogP contribution in [0.4, 0.5) is 0 Å². The van der Waals surface area contributed by atoms with E-state index >= 15 is 0 Å². The van der Waals surface area contributed by atoms with Gasteiger partial charge in [-0.25, -0.2) is 0 Å². The van der Waals surface area contributed by atoms with Crippen LogP contribution in [0.5, 0.6) is 0 Å². The number of rotatable bonds is 5. The second-order valence-electron chi connectivity index (χ2n) is 5.15. The number of aliphatic hydroxyl groups is 1. The van der Waals surface area contributed by atoms with Gasteiger partial charge in [0.2, 0.25) is 5.91 Å². The van der Waals surface area contributed by atoms with Gasteiger partial charge in [0, 0.05) is 18.7 Å². The topological polar surface area (TPSA) is 75.3 Å². The molecule has 0 heterocycles. The molecule has 0 saturated heterocycles. The van der Waals surface area contributed by atoms with Gasteiger partial charge in [-0.1, -0.05) is 6.42 Å². The van der Waals surface area contributed by atoms with Gasteiger partial charge in [-0.15, -0.1) is 0 Å². The molecular weight excluding hydrogens is 192 g/mol. The van der Waals surface area contributed by atoms with E-state index in [0.29, 0.717) is 13.0 Å². The average molecular weight is 214 g/mol. The molecule has 4 N–H and O–H groups in total. The van der Waals surface area contributed by atoms with E-state index in [2.05, 4.69) is 5.32 Å². The molecule has 4 nitrogen and oxygen atoms in total. The Morgan fingerprint density at radius 3 is 2.47 bits per heavy atom. The molecule has 1 aliphatic carbocycles. The van der Waals surface area contributed by atoms with Crippen LogP contribution in [0.1, 0.15) is 39.5 Å². The molecule has 1 aliphatic rings. The van der Waals surface area contributed by atoms with Crippen LogP contribution < -0.4 is 11.1 Å². The zero-order valence-corrected chi connectivity index (χ0v) is 9.68. The number of carbonyl (C=O) groups excluding carboxylic acids is 1. The highest BCUT2D eigenvalue weighted by atomic mass is 16.3. The first-order chi connectivity index (χ1) is 6.96. The van der Waals surface area contributed by atoms with Crippen molar-refractivity contribution >= 4 is 5.91 Å². The van der Waals surface area contributed by atoms with E-state index in [9.17, 15) is 4.79 Å². The summed E-state index contributed by atoms with van der Waals surface area (Å²) in [4.78, 5) is 12.0. The van der Waals surface area contributed by atoms with E-state index in [4.69, 9.17) is 10.8 Å². The van der Waals surface area contributed by atoms with Crippen molar-refractivity contribution in [2.24, 2.45) is 11.1 Å². The molecule has 1 amide bonds. The van der Waals surface area contributed by atoms with Crippen LogP contribution in [0.2, 0.25) is 0 Å². The Morgan fingerprint density at radius 1 is 1.53 bits per heavy atom. The molecule has 1 rings (SSSR count). The largest absolute Gasteiger partial charge is 0.396 e. The maximum Gasteiger partial charge on any atom is 0.227 e. The average Bonchev–Trinajstić information content (AvgIpc) is 2.01. The number of hydrogen-bond donors (Lipinski definition) is 3. The van der Waals surface area contributed by atoms with Crippen molar-refractivity contribution in [2.75, 3.05) is 13.2 Å². The number of aliphatic hydroxyl groups excluding tert-OH is 1. The molecule has 0 aromatic heterocycles. The third-order valence-corrected chi connectivity index (χ3v) is 3.37. The van der Waals surface area contributed by atoms with Crippen LogP contribution in [-0.2, 0) is 4.79 Å². The summed E-state index contributed by atoms with van der Waals surface area (Å²) in [6.07, 6.45) is 3.44. The van der Waals surface area contributed by atoms with E-state index in [0.717, 1.165) is 19.3 Å². The summed E-state index contributed by atoms with van der Waals surface area (Å²) in [5.74, 6) is 0.0506. The summed E-state index contributed by atoms with van der Waals surface area (Å²) >= 11 is 0. The van der Waals surface area contributed by atoms with E-state index in [1.807, 2.05) is 13.8 Å². The Kier molecular flexibility index (Phi) is 3.73. The summed E-state index contributed by atoms with van der Waals surface area (Å²) in [7, 11) is 0. The highest BCUT2D eigenvalue weighted by Crippen LogP contribution is 2.40. The second kappa shape index (κ2) is 4.49. The van der Waals surface area contributed by atoms with Gasteiger partial charge in [0.1, 0.15) is 0 Å². The highest BCUT2D eigenvalue weighted by Gasteiger charge is 2.44. The van der Waals surface area contributed by atoms with Crippen LogP contribution >= 0.6 is 0 Å². The van der Waals surface area contributed by atoms with Gasteiger partial charge in [0.05, 0.1) is 5.41 Å². The van der Waals surface area contributed by atoms with Gasteiger partial charge in [0.15, 0.2) is 0 Å². The van der Waals surface area contributed by atoms with E-state index < -0.39 is 0 Å². The van der Waals surface area contributed by atoms with Gasteiger partial charge in [-0.05, 0) is 33.1 Å². The van der Waals surface area contributed by atoms with Crippen molar-refractivity contribution in [3.05, 3.63) is 0 Å². The standard InChI is InChI=1S/C11H22N2O2/c1-10(2,6-7-14)13-9(15)11(8-12)4-3-5-11/h14H,3-8,12H2,1-2H3,(H,13,15). The fourth-order valence-electron chi connectivity index (χ4n) is 1.91. The Balaban J connectivity index is 2.54. The van der Waals surface area contributed by atoms with Gasteiger partial charge < -0.3 is 16.2 Å². The first-order valence-electron chi connectivity index (χ1n) is 5.59. The van der Waals surface area contributed by atoms with Crippen molar-refractivity contribution in [1.82, 2.24) is 5.32 Å². The first kappa shape index (κ1) is 12.5. The summed E-state index contributed by atoms with van der Waals surface area (Å²) in [6, 6.07) is 0. The minimum absolute atomic E-state index is 0.0506. The maximum absolute atomic E-state index is 12.0. The van der Waals surface area contributed by atoms with Gasteiger partial charge in [-0.2, -0.15) is 0 Å². The maximum atomic E-state index is 12.0. The van der Waals surface area contributed by atoms with Crippen molar-refractivity contribution in [1.29, 1.82) is 0 Å². The smallest absolute Gasteiger partial charge is 0.227 e. The van der Waals surface area contributed by atoms with Crippen LogP contribution in [0.25, 0.3) is 0 Å². The lowest BCUT2D eigenvalue weighted by atomic mass is 9.68. The fourth-order valence-corrected chi connectivity index (χ4v) is 1.91. The van der Waals surface area contributed by atoms with Crippen molar-refractivity contribution < 1.29 is 9.90 Å². The van der Waals surface area contributed by atoms with Crippen molar-refractivity contribution in [3.63, 3.8) is 0 Å². The second-order valence-corrected chi connectivity index (χ2v) is 5.15. The molecule has 0 radical (unpaired) electrons. The monoisotopic (exact) mass is 214 g/mol. The summed E-state index contributed by atoms with van der Waals surface area (Å²) < 4.78 is 0. The molecule has 0 bridgehead atoms. The predicted molar refractivity (Wildman–Crippen MR) is 59.3 cm³/mol. The molecule has 4 heteroatoms. The summed E-state index contributed by atoms with van der Waals surface area (Å²) in [5.41, 5.74) is 4.98.